The molecule has 0 aliphatic carbocycles. The van der Waals surface area contributed by atoms with E-state index in [1.807, 2.05) is 22.9 Å². The fourth-order valence-corrected chi connectivity index (χ4v) is 4.01. The van der Waals surface area contributed by atoms with E-state index < -0.39 is 29.4 Å². The van der Waals surface area contributed by atoms with Crippen LogP contribution in [0.4, 0.5) is 19.3 Å². The Labute approximate surface area is 184 Å². The zero-order valence-corrected chi connectivity index (χ0v) is 17.9. The summed E-state index contributed by atoms with van der Waals surface area (Å²) in [4.78, 5) is 14.7. The number of methoxy groups -OCH3 is 3. The maximum Gasteiger partial charge on any atom is 0.322 e. The number of anilines is 1. The first-order valence-corrected chi connectivity index (χ1v) is 9.95. The number of nitrogens with one attached hydrogen (secondary N) is 1. The van der Waals surface area contributed by atoms with Crippen molar-refractivity contribution in [2.45, 2.75) is 12.6 Å². The minimum atomic E-state index is -0.844. The molecule has 9 heteroatoms. The van der Waals surface area contributed by atoms with Crippen LogP contribution in [0.15, 0.2) is 48.7 Å². The van der Waals surface area contributed by atoms with E-state index in [-0.39, 0.29) is 0 Å². The van der Waals surface area contributed by atoms with Crippen LogP contribution in [0.2, 0.25) is 0 Å². The number of rotatable bonds is 5. The van der Waals surface area contributed by atoms with Crippen molar-refractivity contribution in [2.24, 2.45) is 0 Å². The maximum atomic E-state index is 14.1. The number of nitrogens with zero attached hydrogens (tertiary/aromatic N) is 2. The van der Waals surface area contributed by atoms with Crippen molar-refractivity contribution in [1.29, 1.82) is 0 Å². The lowest BCUT2D eigenvalue weighted by atomic mass is 9.99. The Morgan fingerprint density at radius 3 is 2.22 bits per heavy atom. The van der Waals surface area contributed by atoms with Gasteiger partial charge in [-0.15, -0.1) is 0 Å². The van der Waals surface area contributed by atoms with Crippen molar-refractivity contribution in [3.63, 3.8) is 0 Å². The van der Waals surface area contributed by atoms with Gasteiger partial charge in [0, 0.05) is 25.0 Å². The van der Waals surface area contributed by atoms with Gasteiger partial charge in [-0.25, -0.2) is 13.6 Å². The van der Waals surface area contributed by atoms with Gasteiger partial charge in [-0.05, 0) is 42.0 Å². The van der Waals surface area contributed by atoms with Crippen LogP contribution in [-0.2, 0) is 6.54 Å². The Morgan fingerprint density at radius 1 is 0.969 bits per heavy atom. The molecule has 1 aliphatic heterocycles. The van der Waals surface area contributed by atoms with Gasteiger partial charge >= 0.3 is 6.03 Å². The standard InChI is InChI=1S/C23H23F2N3O4/c1-30-18-12-14(13-19(31-2)22(18)32-3)21-17-8-5-9-27(17)10-11-28(21)23(29)26-20-15(24)6-4-7-16(20)25/h4-9,12-13,21H,10-11H2,1-3H3,(H,26,29)/t21-/m1/s1. The zero-order chi connectivity index (χ0) is 22.8. The molecule has 4 rings (SSSR count). The predicted octanol–water partition coefficient (Wildman–Crippen LogP) is 4.43. The van der Waals surface area contributed by atoms with Gasteiger partial charge in [-0.3, -0.25) is 0 Å². The summed E-state index contributed by atoms with van der Waals surface area (Å²) >= 11 is 0. The van der Waals surface area contributed by atoms with E-state index in [2.05, 4.69) is 5.32 Å². The first-order valence-electron chi connectivity index (χ1n) is 9.95. The molecule has 1 N–H and O–H groups in total. The molecule has 0 saturated carbocycles. The molecule has 0 spiro atoms. The van der Waals surface area contributed by atoms with Crippen LogP contribution in [0.5, 0.6) is 17.2 Å². The Hall–Kier alpha value is -3.75. The molecule has 32 heavy (non-hydrogen) atoms. The van der Waals surface area contributed by atoms with E-state index >= 15 is 0 Å². The highest BCUT2D eigenvalue weighted by atomic mass is 19.1. The lowest BCUT2D eigenvalue weighted by molar-refractivity contribution is 0.181. The van der Waals surface area contributed by atoms with Crippen LogP contribution >= 0.6 is 0 Å². The second-order valence-corrected chi connectivity index (χ2v) is 7.21. The summed E-state index contributed by atoms with van der Waals surface area (Å²) in [5.74, 6) is -0.391. The molecule has 0 fully saturated rings. The highest BCUT2D eigenvalue weighted by molar-refractivity contribution is 5.90. The number of hydrogen-bond donors (Lipinski definition) is 1. The van der Waals surface area contributed by atoms with Gasteiger partial charge in [0.2, 0.25) is 5.75 Å². The largest absolute Gasteiger partial charge is 0.493 e. The predicted molar refractivity (Wildman–Crippen MR) is 114 cm³/mol. The van der Waals surface area contributed by atoms with Crippen LogP contribution in [-0.4, -0.2) is 43.4 Å². The highest BCUT2D eigenvalue weighted by Gasteiger charge is 2.34. The second kappa shape index (κ2) is 8.78. The molecule has 1 atom stereocenters. The molecule has 2 heterocycles. The minimum Gasteiger partial charge on any atom is -0.493 e. The van der Waals surface area contributed by atoms with Gasteiger partial charge in [0.15, 0.2) is 11.5 Å². The molecule has 3 aromatic rings. The normalized spacial score (nSPS) is 15.2. The Bertz CT molecular complexity index is 1100. The number of hydrogen-bond acceptors (Lipinski definition) is 4. The monoisotopic (exact) mass is 443 g/mol. The summed E-state index contributed by atoms with van der Waals surface area (Å²) in [6, 6.07) is 9.56. The van der Waals surface area contributed by atoms with Gasteiger partial charge in [0.05, 0.1) is 27.4 Å². The number of urea groups is 1. The summed E-state index contributed by atoms with van der Waals surface area (Å²) in [5.41, 5.74) is 1.06. The number of benzene rings is 2. The lowest BCUT2D eigenvalue weighted by Gasteiger charge is -2.37. The summed E-state index contributed by atoms with van der Waals surface area (Å²) in [6.45, 7) is 0.862. The lowest BCUT2D eigenvalue weighted by Crippen LogP contribution is -2.44. The third kappa shape index (κ3) is 3.70. The van der Waals surface area contributed by atoms with E-state index in [1.165, 1.54) is 32.3 Å². The van der Waals surface area contributed by atoms with E-state index in [0.717, 1.165) is 17.8 Å². The molecular formula is C23H23F2N3O4. The molecule has 7 nitrogen and oxygen atoms in total. The van der Waals surface area contributed by atoms with Crippen molar-refractivity contribution >= 4 is 11.7 Å². The van der Waals surface area contributed by atoms with E-state index in [0.29, 0.717) is 35.9 Å². The minimum absolute atomic E-state index is 0.324. The molecule has 1 aliphatic rings. The average Bonchev–Trinajstić information content (AvgIpc) is 3.28. The molecule has 168 valence electrons. The number of amides is 2. The van der Waals surface area contributed by atoms with Crippen molar-refractivity contribution < 1.29 is 27.8 Å². The maximum absolute atomic E-state index is 14.1. The quantitative estimate of drug-likeness (QED) is 0.634. The summed E-state index contributed by atoms with van der Waals surface area (Å²) < 4.78 is 46.7. The molecule has 0 bridgehead atoms. The second-order valence-electron chi connectivity index (χ2n) is 7.21. The number of fused-ring (bicyclic) bond motifs is 1. The molecule has 2 amide bonds. The highest BCUT2D eigenvalue weighted by Crippen LogP contribution is 2.43. The molecular weight excluding hydrogens is 420 g/mol. The molecule has 0 radical (unpaired) electrons. The van der Waals surface area contributed by atoms with Gasteiger partial charge in [0.25, 0.3) is 0 Å². The van der Waals surface area contributed by atoms with Crippen LogP contribution in [0.25, 0.3) is 0 Å². The SMILES string of the molecule is COc1cc([C@@H]2c3cccn3CCN2C(=O)Nc2c(F)cccc2F)cc(OC)c1OC. The smallest absolute Gasteiger partial charge is 0.322 e. The van der Waals surface area contributed by atoms with Crippen LogP contribution in [0.1, 0.15) is 17.3 Å². The van der Waals surface area contributed by atoms with E-state index in [4.69, 9.17) is 14.2 Å². The van der Waals surface area contributed by atoms with Gasteiger partial charge in [0.1, 0.15) is 17.3 Å². The van der Waals surface area contributed by atoms with Crippen molar-refractivity contribution in [2.75, 3.05) is 33.2 Å². The first kappa shape index (κ1) is 21.5. The Morgan fingerprint density at radius 2 is 1.62 bits per heavy atom. The zero-order valence-electron chi connectivity index (χ0n) is 17.9. The van der Waals surface area contributed by atoms with Crippen LogP contribution < -0.4 is 19.5 Å². The van der Waals surface area contributed by atoms with Crippen molar-refractivity contribution in [1.82, 2.24) is 9.47 Å². The van der Waals surface area contributed by atoms with E-state index in [1.54, 1.807) is 12.1 Å². The van der Waals surface area contributed by atoms with Crippen LogP contribution in [0, 0.1) is 11.6 Å². The summed E-state index contributed by atoms with van der Waals surface area (Å²) in [6.07, 6.45) is 1.92. The first-order chi connectivity index (χ1) is 15.5. The number of ether oxygens (including phenoxy) is 3. The average molecular weight is 443 g/mol. The fourth-order valence-electron chi connectivity index (χ4n) is 4.01. The topological polar surface area (TPSA) is 65.0 Å². The molecule has 0 saturated heterocycles. The van der Waals surface area contributed by atoms with Gasteiger partial charge in [-0.2, -0.15) is 0 Å². The molecule has 1 aromatic heterocycles. The number of carbonyl (C=O) groups excluding carboxylic acids is 1. The summed E-state index contributed by atoms with van der Waals surface area (Å²) in [7, 11) is 4.53. The number of halogens is 2. The van der Waals surface area contributed by atoms with Gasteiger partial charge < -0.3 is 29.0 Å². The third-order valence-corrected chi connectivity index (χ3v) is 5.50. The van der Waals surface area contributed by atoms with Crippen molar-refractivity contribution in [3.8, 4) is 17.2 Å². The molecule has 2 aromatic carbocycles. The third-order valence-electron chi connectivity index (χ3n) is 5.50. The Balaban J connectivity index is 1.78. The number of aromatic nitrogens is 1. The van der Waals surface area contributed by atoms with Crippen LogP contribution in [0.3, 0.4) is 0 Å². The van der Waals surface area contributed by atoms with Crippen molar-refractivity contribution in [3.05, 3.63) is 71.6 Å². The van der Waals surface area contributed by atoms with Gasteiger partial charge in [-0.1, -0.05) is 6.07 Å². The van der Waals surface area contributed by atoms with E-state index in [9.17, 15) is 13.6 Å². The fraction of sp³-hybridized carbons (Fsp3) is 0.261. The number of carbonyl (C=O) groups is 1. The summed E-state index contributed by atoms with van der Waals surface area (Å²) in [5, 5.41) is 2.39. The molecule has 0 unspecified atom stereocenters. The number of para-hydroxylation sites is 1. The Kier molecular flexibility index (Phi) is 5.89.